The van der Waals surface area contributed by atoms with Crippen molar-refractivity contribution in [3.8, 4) is 0 Å². The molecule has 22 heavy (non-hydrogen) atoms. The van der Waals surface area contributed by atoms with Gasteiger partial charge in [0.05, 0.1) is 21.7 Å². The number of rotatable bonds is 4. The standard InChI is InChI=1S/C16H19Cl2NO3/c1-10(22-16(21)11-6-3-2-4-7-11)15(20)19-13-9-5-8-12(17)14(13)18/h5,8-11H,2-4,6-7H2,1H3,(H,19,20)/t10-/m1/s1. The summed E-state index contributed by atoms with van der Waals surface area (Å²) in [6.07, 6.45) is 4.05. The van der Waals surface area contributed by atoms with Crippen LogP contribution in [0.5, 0.6) is 0 Å². The lowest BCUT2D eigenvalue weighted by Crippen LogP contribution is -2.33. The number of halogens is 2. The van der Waals surface area contributed by atoms with Crippen LogP contribution in [0.3, 0.4) is 0 Å². The summed E-state index contributed by atoms with van der Waals surface area (Å²) in [7, 11) is 0. The average molecular weight is 344 g/mol. The molecule has 0 heterocycles. The third-order valence-corrected chi connectivity index (χ3v) is 4.63. The molecule has 0 spiro atoms. The SMILES string of the molecule is C[C@@H](OC(=O)C1CCCCC1)C(=O)Nc1cccc(Cl)c1Cl. The fourth-order valence-electron chi connectivity index (χ4n) is 2.50. The summed E-state index contributed by atoms with van der Waals surface area (Å²) in [5.74, 6) is -0.799. The molecule has 0 aromatic heterocycles. The van der Waals surface area contributed by atoms with Crippen LogP contribution in [-0.4, -0.2) is 18.0 Å². The van der Waals surface area contributed by atoms with Crippen molar-refractivity contribution in [1.29, 1.82) is 0 Å². The highest BCUT2D eigenvalue weighted by Gasteiger charge is 2.26. The molecule has 0 saturated heterocycles. The highest BCUT2D eigenvalue weighted by atomic mass is 35.5. The second-order valence-electron chi connectivity index (χ2n) is 5.50. The zero-order valence-electron chi connectivity index (χ0n) is 12.4. The Labute approximate surface area is 140 Å². The molecule has 0 unspecified atom stereocenters. The second-order valence-corrected chi connectivity index (χ2v) is 6.29. The van der Waals surface area contributed by atoms with Crippen LogP contribution in [0.15, 0.2) is 18.2 Å². The number of carbonyl (C=O) groups is 2. The molecule has 1 fully saturated rings. The Bertz CT molecular complexity index is 556. The fourth-order valence-corrected chi connectivity index (χ4v) is 2.84. The predicted octanol–water partition coefficient (Wildman–Crippen LogP) is 4.44. The van der Waals surface area contributed by atoms with Gasteiger partial charge in [0.2, 0.25) is 0 Å². The summed E-state index contributed by atoms with van der Waals surface area (Å²) in [5.41, 5.74) is 0.403. The summed E-state index contributed by atoms with van der Waals surface area (Å²) in [6.45, 7) is 1.55. The smallest absolute Gasteiger partial charge is 0.309 e. The van der Waals surface area contributed by atoms with E-state index in [9.17, 15) is 9.59 Å². The van der Waals surface area contributed by atoms with E-state index in [1.54, 1.807) is 25.1 Å². The Morgan fingerprint density at radius 2 is 1.91 bits per heavy atom. The number of anilines is 1. The van der Waals surface area contributed by atoms with E-state index < -0.39 is 12.0 Å². The Morgan fingerprint density at radius 1 is 1.23 bits per heavy atom. The van der Waals surface area contributed by atoms with Gasteiger partial charge in [0.15, 0.2) is 6.10 Å². The van der Waals surface area contributed by atoms with Crippen LogP contribution in [0.25, 0.3) is 0 Å². The molecule has 1 aliphatic rings. The number of nitrogens with one attached hydrogen (secondary N) is 1. The Kier molecular flexibility index (Phi) is 6.09. The summed E-state index contributed by atoms with van der Waals surface area (Å²) in [4.78, 5) is 24.1. The van der Waals surface area contributed by atoms with Crippen molar-refractivity contribution >= 4 is 40.8 Å². The minimum atomic E-state index is -0.871. The van der Waals surface area contributed by atoms with Gasteiger partial charge < -0.3 is 10.1 Å². The van der Waals surface area contributed by atoms with Crippen LogP contribution in [-0.2, 0) is 14.3 Å². The molecular formula is C16H19Cl2NO3. The normalized spacial score (nSPS) is 16.9. The van der Waals surface area contributed by atoms with E-state index in [0.717, 1.165) is 32.1 Å². The second kappa shape index (κ2) is 7.84. The van der Waals surface area contributed by atoms with Crippen molar-refractivity contribution in [2.45, 2.75) is 45.1 Å². The summed E-state index contributed by atoms with van der Waals surface area (Å²) in [5, 5.41) is 3.25. The molecule has 1 saturated carbocycles. The first-order valence-electron chi connectivity index (χ1n) is 7.44. The maximum atomic E-state index is 12.1. The minimum Gasteiger partial charge on any atom is -0.452 e. The first kappa shape index (κ1) is 17.1. The number of carbonyl (C=O) groups excluding carboxylic acids is 2. The molecule has 1 atom stereocenters. The van der Waals surface area contributed by atoms with Gasteiger partial charge in [-0.3, -0.25) is 9.59 Å². The molecular weight excluding hydrogens is 325 g/mol. The molecule has 1 N–H and O–H groups in total. The van der Waals surface area contributed by atoms with Gasteiger partial charge in [0.1, 0.15) is 0 Å². The third-order valence-electron chi connectivity index (χ3n) is 3.81. The van der Waals surface area contributed by atoms with E-state index in [1.165, 1.54) is 0 Å². The largest absolute Gasteiger partial charge is 0.452 e. The highest BCUT2D eigenvalue weighted by molar-refractivity contribution is 6.44. The zero-order valence-corrected chi connectivity index (χ0v) is 13.9. The number of hydrogen-bond donors (Lipinski definition) is 1. The average Bonchev–Trinajstić information content (AvgIpc) is 2.52. The van der Waals surface area contributed by atoms with Crippen molar-refractivity contribution in [3.63, 3.8) is 0 Å². The molecule has 1 aromatic rings. The Balaban J connectivity index is 1.91. The number of hydrogen-bond acceptors (Lipinski definition) is 3. The van der Waals surface area contributed by atoms with Crippen LogP contribution < -0.4 is 5.32 Å². The van der Waals surface area contributed by atoms with Gasteiger partial charge in [0, 0.05) is 0 Å². The quantitative estimate of drug-likeness (QED) is 0.822. The molecule has 6 heteroatoms. The molecule has 2 rings (SSSR count). The summed E-state index contributed by atoms with van der Waals surface area (Å²) in [6, 6.07) is 4.95. The first-order valence-corrected chi connectivity index (χ1v) is 8.20. The molecule has 1 aliphatic carbocycles. The van der Waals surface area contributed by atoms with Crippen molar-refractivity contribution in [2.75, 3.05) is 5.32 Å². The zero-order chi connectivity index (χ0) is 16.1. The van der Waals surface area contributed by atoms with Crippen LogP contribution >= 0.6 is 23.2 Å². The monoisotopic (exact) mass is 343 g/mol. The summed E-state index contributed by atoms with van der Waals surface area (Å²) < 4.78 is 5.27. The van der Waals surface area contributed by atoms with Crippen LogP contribution in [0.4, 0.5) is 5.69 Å². The van der Waals surface area contributed by atoms with Crippen LogP contribution in [0.1, 0.15) is 39.0 Å². The van der Waals surface area contributed by atoms with Gasteiger partial charge in [-0.25, -0.2) is 0 Å². The summed E-state index contributed by atoms with van der Waals surface area (Å²) >= 11 is 11.9. The molecule has 0 radical (unpaired) electrons. The number of amides is 1. The van der Waals surface area contributed by atoms with Crippen molar-refractivity contribution in [2.24, 2.45) is 5.92 Å². The van der Waals surface area contributed by atoms with Crippen LogP contribution in [0, 0.1) is 5.92 Å². The van der Waals surface area contributed by atoms with Gasteiger partial charge in [0.25, 0.3) is 5.91 Å². The maximum Gasteiger partial charge on any atom is 0.309 e. The van der Waals surface area contributed by atoms with E-state index >= 15 is 0 Å². The van der Waals surface area contributed by atoms with E-state index in [1.807, 2.05) is 0 Å². The first-order chi connectivity index (χ1) is 10.5. The van der Waals surface area contributed by atoms with Gasteiger partial charge in [-0.05, 0) is 31.9 Å². The fraction of sp³-hybridized carbons (Fsp3) is 0.500. The highest BCUT2D eigenvalue weighted by Crippen LogP contribution is 2.30. The Morgan fingerprint density at radius 3 is 2.59 bits per heavy atom. The number of benzene rings is 1. The van der Waals surface area contributed by atoms with Gasteiger partial charge >= 0.3 is 5.97 Å². The molecule has 4 nitrogen and oxygen atoms in total. The molecule has 0 bridgehead atoms. The molecule has 120 valence electrons. The van der Waals surface area contributed by atoms with Crippen molar-refractivity contribution in [1.82, 2.24) is 0 Å². The lowest BCUT2D eigenvalue weighted by atomic mass is 9.89. The number of ether oxygens (including phenoxy) is 1. The van der Waals surface area contributed by atoms with Crippen molar-refractivity contribution < 1.29 is 14.3 Å². The minimum absolute atomic E-state index is 0.0845. The maximum absolute atomic E-state index is 12.1. The third kappa shape index (κ3) is 4.37. The molecule has 1 amide bonds. The molecule has 1 aromatic carbocycles. The van der Waals surface area contributed by atoms with Crippen LogP contribution in [0.2, 0.25) is 10.0 Å². The van der Waals surface area contributed by atoms with Gasteiger partial charge in [-0.2, -0.15) is 0 Å². The predicted molar refractivity (Wildman–Crippen MR) is 87.2 cm³/mol. The van der Waals surface area contributed by atoms with E-state index in [0.29, 0.717) is 10.7 Å². The lowest BCUT2D eigenvalue weighted by molar-refractivity contribution is -0.158. The topological polar surface area (TPSA) is 55.4 Å². The Hall–Kier alpha value is -1.26. The van der Waals surface area contributed by atoms with E-state index in [4.69, 9.17) is 27.9 Å². The van der Waals surface area contributed by atoms with Gasteiger partial charge in [-0.15, -0.1) is 0 Å². The van der Waals surface area contributed by atoms with E-state index in [2.05, 4.69) is 5.32 Å². The molecule has 0 aliphatic heterocycles. The number of esters is 1. The van der Waals surface area contributed by atoms with Gasteiger partial charge in [-0.1, -0.05) is 48.5 Å². The van der Waals surface area contributed by atoms with Crippen molar-refractivity contribution in [3.05, 3.63) is 28.2 Å². The van der Waals surface area contributed by atoms with E-state index in [-0.39, 0.29) is 16.9 Å². The lowest BCUT2D eigenvalue weighted by Gasteiger charge is -2.22.